The van der Waals surface area contributed by atoms with Crippen LogP contribution in [0.5, 0.6) is 5.75 Å². The molecule has 1 aliphatic heterocycles. The molecule has 0 saturated carbocycles. The van der Waals surface area contributed by atoms with Crippen LogP contribution in [-0.4, -0.2) is 47.7 Å². The van der Waals surface area contributed by atoms with Gasteiger partial charge in [0.25, 0.3) is 0 Å². The molecule has 154 valence electrons. The monoisotopic (exact) mass is 406 g/mol. The lowest BCUT2D eigenvalue weighted by atomic mass is 10.1. The Morgan fingerprint density at radius 3 is 2.80 bits per heavy atom. The van der Waals surface area contributed by atoms with Crippen LogP contribution >= 0.6 is 0 Å². The zero-order valence-electron chi connectivity index (χ0n) is 16.9. The normalized spacial score (nSPS) is 14.4. The van der Waals surface area contributed by atoms with Crippen molar-refractivity contribution in [1.29, 1.82) is 0 Å². The van der Waals surface area contributed by atoms with Gasteiger partial charge in [-0.05, 0) is 24.4 Å². The van der Waals surface area contributed by atoms with E-state index in [4.69, 9.17) is 4.74 Å². The van der Waals surface area contributed by atoms with E-state index in [1.54, 1.807) is 30.1 Å². The summed E-state index contributed by atoms with van der Waals surface area (Å²) in [6.07, 6.45) is 5.35. The van der Waals surface area contributed by atoms with Crippen LogP contribution < -0.4 is 20.3 Å². The van der Waals surface area contributed by atoms with E-state index in [2.05, 4.69) is 31.6 Å². The Bertz CT molecular complexity index is 1230. The quantitative estimate of drug-likeness (QED) is 0.541. The zero-order chi connectivity index (χ0) is 20.7. The van der Waals surface area contributed by atoms with E-state index in [9.17, 15) is 4.39 Å². The molecule has 5 rings (SSSR count). The number of aromatic nitrogens is 3. The van der Waals surface area contributed by atoms with Gasteiger partial charge in [-0.2, -0.15) is 0 Å². The van der Waals surface area contributed by atoms with Gasteiger partial charge in [-0.15, -0.1) is 0 Å². The lowest BCUT2D eigenvalue weighted by Gasteiger charge is -2.30. The summed E-state index contributed by atoms with van der Waals surface area (Å²) in [6.45, 7) is 5.67. The average Bonchev–Trinajstić information content (AvgIpc) is 3.14. The number of benzene rings is 1. The fourth-order valence-electron chi connectivity index (χ4n) is 4.01. The molecule has 0 atom stereocenters. The van der Waals surface area contributed by atoms with Crippen LogP contribution in [0.4, 0.5) is 21.6 Å². The van der Waals surface area contributed by atoms with Crippen LogP contribution in [0.15, 0.2) is 42.9 Å². The van der Waals surface area contributed by atoms with Gasteiger partial charge < -0.3 is 24.7 Å². The first-order valence-corrected chi connectivity index (χ1v) is 9.96. The lowest BCUT2D eigenvalue weighted by molar-refractivity contribution is 0.419. The molecule has 0 aliphatic carbocycles. The van der Waals surface area contributed by atoms with Gasteiger partial charge in [0.1, 0.15) is 11.6 Å². The second-order valence-electron chi connectivity index (χ2n) is 7.46. The van der Waals surface area contributed by atoms with Crippen LogP contribution in [0.2, 0.25) is 0 Å². The van der Waals surface area contributed by atoms with Gasteiger partial charge in [0.15, 0.2) is 11.5 Å². The summed E-state index contributed by atoms with van der Waals surface area (Å²) in [5, 5.41) is 8.51. The largest absolute Gasteiger partial charge is 0.496 e. The number of anilines is 3. The molecule has 30 heavy (non-hydrogen) atoms. The summed E-state index contributed by atoms with van der Waals surface area (Å²) in [5.41, 5.74) is 2.78. The van der Waals surface area contributed by atoms with E-state index >= 15 is 0 Å². The molecule has 4 aromatic rings. The van der Waals surface area contributed by atoms with E-state index in [1.807, 2.05) is 19.1 Å². The Hall–Kier alpha value is -3.39. The maximum absolute atomic E-state index is 14.5. The van der Waals surface area contributed by atoms with Gasteiger partial charge in [-0.1, -0.05) is 0 Å². The number of nitrogens with one attached hydrogen (secondary N) is 2. The van der Waals surface area contributed by atoms with Gasteiger partial charge in [0, 0.05) is 62.6 Å². The molecule has 0 unspecified atom stereocenters. The number of nitrogens with zero attached hydrogens (tertiary/aromatic N) is 4. The first kappa shape index (κ1) is 18.6. The highest BCUT2D eigenvalue weighted by molar-refractivity contribution is 6.00. The summed E-state index contributed by atoms with van der Waals surface area (Å²) in [6, 6.07) is 7.60. The molecule has 0 radical (unpaired) electrons. The molecule has 1 aliphatic rings. The summed E-state index contributed by atoms with van der Waals surface area (Å²) in [5.74, 6) is 0.963. The third-order valence-electron chi connectivity index (χ3n) is 5.40. The third-order valence-corrected chi connectivity index (χ3v) is 5.40. The van der Waals surface area contributed by atoms with Gasteiger partial charge in [0.2, 0.25) is 0 Å². The van der Waals surface area contributed by atoms with Crippen molar-refractivity contribution in [3.05, 3.63) is 54.4 Å². The molecule has 0 bridgehead atoms. The summed E-state index contributed by atoms with van der Waals surface area (Å²) in [7, 11) is 1.66. The molecule has 1 fully saturated rings. The van der Waals surface area contributed by atoms with Gasteiger partial charge in [0.05, 0.1) is 23.9 Å². The molecule has 8 heteroatoms. The average molecular weight is 406 g/mol. The van der Waals surface area contributed by atoms with Crippen LogP contribution in [0, 0.1) is 12.7 Å². The van der Waals surface area contributed by atoms with Crippen LogP contribution in [-0.2, 0) is 0 Å². The third kappa shape index (κ3) is 3.29. The number of halogens is 1. The number of imidazole rings is 1. The Morgan fingerprint density at radius 1 is 1.17 bits per heavy atom. The predicted octanol–water partition coefficient (Wildman–Crippen LogP) is 3.49. The fraction of sp³-hybridized carbons (Fsp3) is 0.273. The SMILES string of the molecule is COc1cc(N2CCNCC2)cc2ccnc(Nc3cc(F)c4nc(C)cn4c3)c12. The van der Waals surface area contributed by atoms with Crippen molar-refractivity contribution in [1.82, 2.24) is 19.7 Å². The molecule has 1 aromatic carbocycles. The molecule has 1 saturated heterocycles. The Kier molecular flexibility index (Phi) is 4.63. The molecule has 7 nitrogen and oxygen atoms in total. The molecule has 2 N–H and O–H groups in total. The fourth-order valence-corrected chi connectivity index (χ4v) is 4.01. The molecule has 0 amide bonds. The van der Waals surface area contributed by atoms with Crippen LogP contribution in [0.3, 0.4) is 0 Å². The first-order valence-electron chi connectivity index (χ1n) is 9.96. The summed E-state index contributed by atoms with van der Waals surface area (Å²) >= 11 is 0. The molecule has 0 spiro atoms. The molecular weight excluding hydrogens is 383 g/mol. The molecule has 3 aromatic heterocycles. The Morgan fingerprint density at radius 2 is 2.00 bits per heavy atom. The van der Waals surface area contributed by atoms with Crippen molar-refractivity contribution >= 4 is 33.6 Å². The second kappa shape index (κ2) is 7.46. The number of fused-ring (bicyclic) bond motifs is 2. The smallest absolute Gasteiger partial charge is 0.173 e. The van der Waals surface area contributed by atoms with Crippen molar-refractivity contribution in [3.8, 4) is 5.75 Å². The van der Waals surface area contributed by atoms with Crippen molar-refractivity contribution in [2.45, 2.75) is 6.92 Å². The minimum absolute atomic E-state index is 0.308. The van der Waals surface area contributed by atoms with E-state index < -0.39 is 0 Å². The van der Waals surface area contributed by atoms with Crippen LogP contribution in [0.1, 0.15) is 5.69 Å². The first-order chi connectivity index (χ1) is 14.6. The van der Waals surface area contributed by atoms with Crippen molar-refractivity contribution < 1.29 is 9.13 Å². The lowest BCUT2D eigenvalue weighted by Crippen LogP contribution is -2.43. The highest BCUT2D eigenvalue weighted by Gasteiger charge is 2.16. The Labute approximate surface area is 173 Å². The van der Waals surface area contributed by atoms with Gasteiger partial charge >= 0.3 is 0 Å². The number of rotatable bonds is 4. The number of ether oxygens (including phenoxy) is 1. The second-order valence-corrected chi connectivity index (χ2v) is 7.46. The van der Waals surface area contributed by atoms with Gasteiger partial charge in [-0.25, -0.2) is 14.4 Å². The van der Waals surface area contributed by atoms with Crippen molar-refractivity contribution in [3.63, 3.8) is 0 Å². The van der Waals surface area contributed by atoms with E-state index in [-0.39, 0.29) is 5.82 Å². The summed E-state index contributed by atoms with van der Waals surface area (Å²) < 4.78 is 21.9. The Balaban J connectivity index is 1.57. The van der Waals surface area contributed by atoms with E-state index in [0.29, 0.717) is 17.2 Å². The maximum Gasteiger partial charge on any atom is 0.173 e. The van der Waals surface area contributed by atoms with E-state index in [0.717, 1.165) is 54.1 Å². The maximum atomic E-state index is 14.5. The standard InChI is InChI=1S/C22H23FN6O/c1-14-12-29-13-16(10-18(23)22(29)26-14)27-21-20-15(3-4-25-21)9-17(11-19(20)30-2)28-7-5-24-6-8-28/h3-4,9-13,24H,5-8H2,1-2H3,(H,25,27). The number of methoxy groups -OCH3 is 1. The number of pyridine rings is 2. The zero-order valence-corrected chi connectivity index (χ0v) is 16.9. The molecule has 4 heterocycles. The number of piperazine rings is 1. The highest BCUT2D eigenvalue weighted by atomic mass is 19.1. The number of aryl methyl sites for hydroxylation is 1. The minimum atomic E-state index is -0.388. The predicted molar refractivity (Wildman–Crippen MR) is 117 cm³/mol. The number of hydrogen-bond acceptors (Lipinski definition) is 6. The van der Waals surface area contributed by atoms with E-state index in [1.165, 1.54) is 6.07 Å². The number of hydrogen-bond donors (Lipinski definition) is 2. The minimum Gasteiger partial charge on any atom is -0.496 e. The van der Waals surface area contributed by atoms with Gasteiger partial charge in [-0.3, -0.25) is 0 Å². The summed E-state index contributed by atoms with van der Waals surface area (Å²) in [4.78, 5) is 11.1. The van der Waals surface area contributed by atoms with Crippen molar-refractivity contribution in [2.24, 2.45) is 0 Å². The highest BCUT2D eigenvalue weighted by Crippen LogP contribution is 2.36. The topological polar surface area (TPSA) is 66.7 Å². The van der Waals surface area contributed by atoms with Crippen molar-refractivity contribution in [2.75, 3.05) is 43.5 Å². The molecular formula is C22H23FN6O. The van der Waals surface area contributed by atoms with Crippen LogP contribution in [0.25, 0.3) is 16.4 Å².